The normalized spacial score (nSPS) is 17.7. The second-order valence-corrected chi connectivity index (χ2v) is 5.41. The van der Waals surface area contributed by atoms with Crippen molar-refractivity contribution >= 4 is 17.5 Å². The zero-order valence-electron chi connectivity index (χ0n) is 11.0. The minimum atomic E-state index is -0.0356. The first kappa shape index (κ1) is 13.2. The van der Waals surface area contributed by atoms with Crippen molar-refractivity contribution in [2.75, 3.05) is 13.1 Å². The van der Waals surface area contributed by atoms with E-state index < -0.39 is 0 Å². The minimum Gasteiger partial charge on any atom is -0.349 e. The molecule has 2 heterocycles. The van der Waals surface area contributed by atoms with Crippen LogP contribution in [-0.4, -0.2) is 23.6 Å². The summed E-state index contributed by atoms with van der Waals surface area (Å²) >= 11 is 6.03. The van der Waals surface area contributed by atoms with E-state index in [0.29, 0.717) is 23.8 Å². The summed E-state index contributed by atoms with van der Waals surface area (Å²) in [7, 11) is 0. The first-order valence-corrected chi connectivity index (χ1v) is 7.03. The monoisotopic (exact) mass is 289 g/mol. The van der Waals surface area contributed by atoms with Gasteiger partial charge in [-0.1, -0.05) is 23.7 Å². The Hall–Kier alpha value is -1.78. The van der Waals surface area contributed by atoms with Crippen LogP contribution < -0.4 is 11.1 Å². The number of nitrogens with zero attached hydrogens (tertiary/aromatic N) is 1. The zero-order chi connectivity index (χ0) is 14.1. The van der Waals surface area contributed by atoms with Gasteiger partial charge in [0.1, 0.15) is 5.69 Å². The van der Waals surface area contributed by atoms with Crippen molar-refractivity contribution < 1.29 is 4.79 Å². The molecule has 1 amide bonds. The Labute approximate surface area is 122 Å². The highest BCUT2D eigenvalue weighted by molar-refractivity contribution is 6.30. The van der Waals surface area contributed by atoms with Crippen LogP contribution in [0.2, 0.25) is 5.02 Å². The molecule has 0 saturated carbocycles. The third-order valence-corrected chi connectivity index (χ3v) is 3.87. The number of fused-ring (bicyclic) bond motifs is 1. The molecule has 3 N–H and O–H groups in total. The highest BCUT2D eigenvalue weighted by Crippen LogP contribution is 2.29. The summed E-state index contributed by atoms with van der Waals surface area (Å²) < 4.78 is 2.03. The Balaban J connectivity index is 2.04. The van der Waals surface area contributed by atoms with Gasteiger partial charge in [-0.2, -0.15) is 0 Å². The van der Waals surface area contributed by atoms with Crippen molar-refractivity contribution in [1.82, 2.24) is 9.88 Å². The zero-order valence-corrected chi connectivity index (χ0v) is 11.7. The van der Waals surface area contributed by atoms with Gasteiger partial charge >= 0.3 is 0 Å². The van der Waals surface area contributed by atoms with E-state index in [2.05, 4.69) is 5.32 Å². The van der Waals surface area contributed by atoms with Crippen molar-refractivity contribution in [3.8, 4) is 11.1 Å². The van der Waals surface area contributed by atoms with Crippen molar-refractivity contribution in [1.29, 1.82) is 0 Å². The number of aromatic nitrogens is 1. The maximum atomic E-state index is 12.0. The number of nitrogens with two attached hydrogens (primary N) is 1. The predicted molar refractivity (Wildman–Crippen MR) is 79.9 cm³/mol. The number of carbonyl (C=O) groups is 1. The van der Waals surface area contributed by atoms with Crippen LogP contribution in [0.5, 0.6) is 0 Å². The van der Waals surface area contributed by atoms with Crippen molar-refractivity contribution in [2.24, 2.45) is 5.73 Å². The molecule has 0 saturated heterocycles. The summed E-state index contributed by atoms with van der Waals surface area (Å²) in [5.74, 6) is -0.0356. The van der Waals surface area contributed by atoms with Gasteiger partial charge in [-0.05, 0) is 36.7 Å². The number of carbonyl (C=O) groups excluding carboxylic acids is 1. The van der Waals surface area contributed by atoms with Crippen LogP contribution in [-0.2, 0) is 0 Å². The van der Waals surface area contributed by atoms with E-state index in [9.17, 15) is 4.79 Å². The van der Waals surface area contributed by atoms with E-state index in [1.54, 1.807) is 0 Å². The van der Waals surface area contributed by atoms with Gasteiger partial charge < -0.3 is 15.6 Å². The van der Waals surface area contributed by atoms with Gasteiger partial charge in [0.2, 0.25) is 0 Å². The number of benzene rings is 1. The van der Waals surface area contributed by atoms with E-state index in [1.807, 2.05) is 41.1 Å². The molecular weight excluding hydrogens is 274 g/mol. The van der Waals surface area contributed by atoms with E-state index in [1.165, 1.54) is 0 Å². The lowest BCUT2D eigenvalue weighted by molar-refractivity contribution is 0.0913. The largest absolute Gasteiger partial charge is 0.349 e. The fourth-order valence-electron chi connectivity index (χ4n) is 2.62. The van der Waals surface area contributed by atoms with Crippen LogP contribution in [0.4, 0.5) is 0 Å². The first-order chi connectivity index (χ1) is 9.69. The molecule has 2 aromatic rings. The maximum Gasteiger partial charge on any atom is 0.268 e. The van der Waals surface area contributed by atoms with Crippen molar-refractivity contribution in [3.05, 3.63) is 47.2 Å². The van der Waals surface area contributed by atoms with Gasteiger partial charge in [-0.25, -0.2) is 0 Å². The van der Waals surface area contributed by atoms with Crippen LogP contribution in [0.15, 0.2) is 36.5 Å². The number of hydrogen-bond acceptors (Lipinski definition) is 2. The topological polar surface area (TPSA) is 60.0 Å². The van der Waals surface area contributed by atoms with Crippen LogP contribution in [0, 0.1) is 0 Å². The molecule has 104 valence electrons. The highest BCUT2D eigenvalue weighted by Gasteiger charge is 2.25. The standard InChI is InChI=1S/C15H16ClN3O/c16-12-3-1-2-10(6-12)11-7-14-15(20)18-8-13(4-5-17)19(14)9-11/h1-3,6-7,9,13H,4-5,8,17H2,(H,18,20). The van der Waals surface area contributed by atoms with Gasteiger partial charge in [-0.3, -0.25) is 4.79 Å². The molecule has 0 radical (unpaired) electrons. The Morgan fingerprint density at radius 1 is 1.35 bits per heavy atom. The number of halogens is 1. The van der Waals surface area contributed by atoms with Crippen LogP contribution in [0.25, 0.3) is 11.1 Å². The summed E-state index contributed by atoms with van der Waals surface area (Å²) in [6, 6.07) is 9.77. The maximum absolute atomic E-state index is 12.0. The van der Waals surface area contributed by atoms with E-state index in [0.717, 1.165) is 17.5 Å². The number of amides is 1. The summed E-state index contributed by atoms with van der Waals surface area (Å²) in [4.78, 5) is 12.0. The number of hydrogen-bond donors (Lipinski definition) is 2. The van der Waals surface area contributed by atoms with Gasteiger partial charge in [0.25, 0.3) is 5.91 Å². The van der Waals surface area contributed by atoms with Crippen LogP contribution >= 0.6 is 11.6 Å². The van der Waals surface area contributed by atoms with Crippen LogP contribution in [0.3, 0.4) is 0 Å². The lowest BCUT2D eigenvalue weighted by Crippen LogP contribution is -2.39. The van der Waals surface area contributed by atoms with Crippen LogP contribution in [0.1, 0.15) is 23.0 Å². The molecule has 1 aromatic heterocycles. The molecule has 1 atom stereocenters. The average Bonchev–Trinajstić information content (AvgIpc) is 2.88. The molecule has 1 aliphatic rings. The minimum absolute atomic E-state index is 0.0356. The molecule has 0 fully saturated rings. The summed E-state index contributed by atoms with van der Waals surface area (Å²) in [6.45, 7) is 1.23. The Morgan fingerprint density at radius 3 is 2.95 bits per heavy atom. The van der Waals surface area contributed by atoms with E-state index in [4.69, 9.17) is 17.3 Å². The number of nitrogens with one attached hydrogen (secondary N) is 1. The van der Waals surface area contributed by atoms with Gasteiger partial charge in [0.15, 0.2) is 0 Å². The Bertz CT molecular complexity index is 650. The van der Waals surface area contributed by atoms with Gasteiger partial charge in [-0.15, -0.1) is 0 Å². The molecular formula is C15H16ClN3O. The lowest BCUT2D eigenvalue weighted by atomic mass is 10.1. The second-order valence-electron chi connectivity index (χ2n) is 4.97. The van der Waals surface area contributed by atoms with Crippen molar-refractivity contribution in [3.63, 3.8) is 0 Å². The molecule has 0 bridgehead atoms. The second kappa shape index (κ2) is 5.31. The molecule has 1 aliphatic heterocycles. The van der Waals surface area contributed by atoms with Gasteiger partial charge in [0.05, 0.1) is 6.04 Å². The van der Waals surface area contributed by atoms with E-state index >= 15 is 0 Å². The summed E-state index contributed by atoms with van der Waals surface area (Å²) in [6.07, 6.45) is 2.86. The lowest BCUT2D eigenvalue weighted by Gasteiger charge is -2.25. The third kappa shape index (κ3) is 2.32. The smallest absolute Gasteiger partial charge is 0.268 e. The molecule has 0 spiro atoms. The molecule has 5 heteroatoms. The Morgan fingerprint density at radius 2 is 2.20 bits per heavy atom. The van der Waals surface area contributed by atoms with Gasteiger partial charge in [0, 0.05) is 23.3 Å². The van der Waals surface area contributed by atoms with E-state index in [-0.39, 0.29) is 11.9 Å². The third-order valence-electron chi connectivity index (χ3n) is 3.63. The molecule has 3 rings (SSSR count). The first-order valence-electron chi connectivity index (χ1n) is 6.65. The average molecular weight is 290 g/mol. The van der Waals surface area contributed by atoms with Crippen molar-refractivity contribution in [2.45, 2.75) is 12.5 Å². The molecule has 1 unspecified atom stereocenters. The molecule has 1 aromatic carbocycles. The number of rotatable bonds is 3. The Kier molecular flexibility index (Phi) is 3.51. The SMILES string of the molecule is NCCC1CNC(=O)c2cc(-c3cccc(Cl)c3)cn21. The molecule has 20 heavy (non-hydrogen) atoms. The fraction of sp³-hybridized carbons (Fsp3) is 0.267. The quantitative estimate of drug-likeness (QED) is 0.912. The summed E-state index contributed by atoms with van der Waals surface area (Å²) in [5.41, 5.74) is 8.34. The molecule has 0 aliphatic carbocycles. The summed E-state index contributed by atoms with van der Waals surface area (Å²) in [5, 5.41) is 3.60. The fourth-order valence-corrected chi connectivity index (χ4v) is 2.81. The highest BCUT2D eigenvalue weighted by atomic mass is 35.5. The predicted octanol–water partition coefficient (Wildman–Crippen LogP) is 2.44. The molecule has 4 nitrogen and oxygen atoms in total.